The van der Waals surface area contributed by atoms with Gasteiger partial charge >= 0.3 is 0 Å². The summed E-state index contributed by atoms with van der Waals surface area (Å²) in [7, 11) is 1.54. The maximum absolute atomic E-state index is 14.9. The highest BCUT2D eigenvalue weighted by Crippen LogP contribution is 2.37. The summed E-state index contributed by atoms with van der Waals surface area (Å²) >= 11 is 0. The number of benzene rings is 1. The number of carbonyl (C=O) groups excluding carboxylic acids is 2. The molecule has 0 bridgehead atoms. The maximum Gasteiger partial charge on any atom is 0.258 e. The average molecular weight is 375 g/mol. The number of hydrazine groups is 1. The van der Waals surface area contributed by atoms with Crippen molar-refractivity contribution >= 4 is 11.8 Å². The van der Waals surface area contributed by atoms with Crippen LogP contribution in [-0.4, -0.2) is 66.8 Å². The zero-order valence-corrected chi connectivity index (χ0v) is 15.6. The molecule has 8 heteroatoms. The zero-order chi connectivity index (χ0) is 19.6. The van der Waals surface area contributed by atoms with Gasteiger partial charge in [0.25, 0.3) is 11.8 Å². The minimum absolute atomic E-state index is 0.0230. The van der Waals surface area contributed by atoms with Crippen LogP contribution in [0.4, 0.5) is 4.39 Å². The number of halogens is 1. The van der Waals surface area contributed by atoms with Crippen LogP contribution in [0.15, 0.2) is 12.1 Å². The summed E-state index contributed by atoms with van der Waals surface area (Å²) in [5.41, 5.74) is 0.413. The molecule has 2 saturated heterocycles. The first-order valence-electron chi connectivity index (χ1n) is 8.82. The number of amides is 2. The highest BCUT2D eigenvalue weighted by molar-refractivity contribution is 6.10. The van der Waals surface area contributed by atoms with Gasteiger partial charge in [-0.25, -0.2) is 14.4 Å². The Kier molecular flexibility index (Phi) is 5.63. The molecule has 27 heavy (non-hydrogen) atoms. The molecule has 2 aliphatic heterocycles. The van der Waals surface area contributed by atoms with E-state index in [1.807, 2.05) is 0 Å². The summed E-state index contributed by atoms with van der Waals surface area (Å²) in [6.07, 6.45) is 0. The number of rotatable bonds is 4. The van der Waals surface area contributed by atoms with E-state index in [-0.39, 0.29) is 17.9 Å². The van der Waals surface area contributed by atoms with Crippen LogP contribution < -0.4 is 4.74 Å². The lowest BCUT2D eigenvalue weighted by Gasteiger charge is -2.23. The van der Waals surface area contributed by atoms with Crippen LogP contribution in [0.3, 0.4) is 0 Å². The highest BCUT2D eigenvalue weighted by atomic mass is 19.1. The Bertz CT molecular complexity index is 791. The van der Waals surface area contributed by atoms with Gasteiger partial charge in [-0.3, -0.25) is 9.59 Å². The Hall–Kier alpha value is -2.63. The van der Waals surface area contributed by atoms with E-state index in [0.717, 1.165) is 0 Å². The SMILES string of the molecule is CC#Cc1cc(F)c(C2C(=O)N3CCN(OC)CCN3C2=O)c(OCC)c1. The van der Waals surface area contributed by atoms with Crippen molar-refractivity contribution in [1.82, 2.24) is 15.1 Å². The van der Waals surface area contributed by atoms with E-state index in [1.54, 1.807) is 32.1 Å². The van der Waals surface area contributed by atoms with Crippen molar-refractivity contribution in [1.29, 1.82) is 0 Å². The first-order valence-corrected chi connectivity index (χ1v) is 8.82. The lowest BCUT2D eigenvalue weighted by Crippen LogP contribution is -2.41. The highest BCUT2D eigenvalue weighted by Gasteiger charge is 2.49. The normalized spacial score (nSPS) is 18.2. The fourth-order valence-electron chi connectivity index (χ4n) is 3.42. The molecule has 3 rings (SSSR count). The van der Waals surface area contributed by atoms with Crippen LogP contribution in [-0.2, 0) is 14.4 Å². The standard InChI is InChI=1S/C19H22FN3O4/c1-4-6-13-11-14(20)16(15(12-13)27-5-2)17-18(24)22-9-7-21(26-3)8-10-23(22)19(17)25/h11-12,17H,5,7-10H2,1-3H3. The third kappa shape index (κ3) is 3.48. The predicted octanol–water partition coefficient (Wildman–Crippen LogP) is 1.14. The van der Waals surface area contributed by atoms with E-state index in [2.05, 4.69) is 11.8 Å². The topological polar surface area (TPSA) is 62.3 Å². The number of fused-ring (bicyclic) bond motifs is 1. The van der Waals surface area contributed by atoms with Crippen molar-refractivity contribution in [3.63, 3.8) is 0 Å². The van der Waals surface area contributed by atoms with E-state index < -0.39 is 23.5 Å². The summed E-state index contributed by atoms with van der Waals surface area (Å²) in [6, 6.07) is 2.81. The van der Waals surface area contributed by atoms with Crippen molar-refractivity contribution in [3.05, 3.63) is 29.1 Å². The first-order chi connectivity index (χ1) is 13.0. The zero-order valence-electron chi connectivity index (χ0n) is 15.6. The minimum Gasteiger partial charge on any atom is -0.493 e. The second kappa shape index (κ2) is 7.94. The molecule has 2 fully saturated rings. The quantitative estimate of drug-likeness (QED) is 0.584. The molecule has 7 nitrogen and oxygen atoms in total. The monoisotopic (exact) mass is 375 g/mol. The van der Waals surface area contributed by atoms with Gasteiger partial charge < -0.3 is 9.57 Å². The van der Waals surface area contributed by atoms with Crippen molar-refractivity contribution < 1.29 is 23.6 Å². The van der Waals surface area contributed by atoms with Crippen LogP contribution in [0.5, 0.6) is 5.75 Å². The van der Waals surface area contributed by atoms with Gasteiger partial charge in [-0.05, 0) is 26.0 Å². The largest absolute Gasteiger partial charge is 0.493 e. The Labute approximate surface area is 157 Å². The van der Waals surface area contributed by atoms with Crippen LogP contribution in [0.1, 0.15) is 30.9 Å². The smallest absolute Gasteiger partial charge is 0.258 e. The lowest BCUT2D eigenvalue weighted by molar-refractivity contribution is -0.145. The molecule has 2 amide bonds. The fraction of sp³-hybridized carbons (Fsp3) is 0.474. The Balaban J connectivity index is 2.00. The van der Waals surface area contributed by atoms with Gasteiger partial charge in [0.2, 0.25) is 0 Å². The molecule has 0 aliphatic carbocycles. The molecular formula is C19H22FN3O4. The van der Waals surface area contributed by atoms with Crippen molar-refractivity contribution in [3.8, 4) is 17.6 Å². The van der Waals surface area contributed by atoms with Gasteiger partial charge in [0.05, 0.1) is 32.4 Å². The van der Waals surface area contributed by atoms with E-state index in [4.69, 9.17) is 9.57 Å². The Morgan fingerprint density at radius 1 is 1.15 bits per heavy atom. The molecular weight excluding hydrogens is 353 g/mol. The van der Waals surface area contributed by atoms with Crippen LogP contribution in [0.25, 0.3) is 0 Å². The van der Waals surface area contributed by atoms with Crippen molar-refractivity contribution in [2.75, 3.05) is 39.9 Å². The molecule has 0 radical (unpaired) electrons. The summed E-state index contributed by atoms with van der Waals surface area (Å²) in [6.45, 7) is 5.19. The van der Waals surface area contributed by atoms with Gasteiger partial charge in [-0.2, -0.15) is 5.06 Å². The van der Waals surface area contributed by atoms with Crippen molar-refractivity contribution in [2.24, 2.45) is 0 Å². The molecule has 1 aromatic carbocycles. The number of hydroxylamine groups is 2. The number of ether oxygens (including phenoxy) is 1. The number of hydrogen-bond acceptors (Lipinski definition) is 5. The van der Waals surface area contributed by atoms with E-state index in [1.165, 1.54) is 16.1 Å². The van der Waals surface area contributed by atoms with E-state index >= 15 is 0 Å². The summed E-state index contributed by atoms with van der Waals surface area (Å²) in [5, 5.41) is 4.43. The van der Waals surface area contributed by atoms with Crippen LogP contribution >= 0.6 is 0 Å². The predicted molar refractivity (Wildman–Crippen MR) is 94.9 cm³/mol. The van der Waals surface area contributed by atoms with Gasteiger partial charge in [0, 0.05) is 18.7 Å². The number of hydrogen-bond donors (Lipinski definition) is 0. The molecule has 0 N–H and O–H groups in total. The Morgan fingerprint density at radius 2 is 1.78 bits per heavy atom. The molecule has 1 aromatic rings. The lowest BCUT2D eigenvalue weighted by atomic mass is 9.95. The second-order valence-corrected chi connectivity index (χ2v) is 6.15. The first kappa shape index (κ1) is 19.1. The van der Waals surface area contributed by atoms with Crippen LogP contribution in [0, 0.1) is 17.7 Å². The average Bonchev–Trinajstić information content (AvgIpc) is 2.79. The summed E-state index contributed by atoms with van der Waals surface area (Å²) in [4.78, 5) is 31.1. The molecule has 0 spiro atoms. The molecule has 2 aliphatic rings. The van der Waals surface area contributed by atoms with Crippen molar-refractivity contribution in [2.45, 2.75) is 19.8 Å². The third-order valence-electron chi connectivity index (χ3n) is 4.62. The number of nitrogens with zero attached hydrogens (tertiary/aromatic N) is 3. The second-order valence-electron chi connectivity index (χ2n) is 6.15. The minimum atomic E-state index is -1.25. The third-order valence-corrected chi connectivity index (χ3v) is 4.62. The fourth-order valence-corrected chi connectivity index (χ4v) is 3.42. The molecule has 0 saturated carbocycles. The van der Waals surface area contributed by atoms with Gasteiger partial charge in [0.15, 0.2) is 5.92 Å². The van der Waals surface area contributed by atoms with Gasteiger partial charge in [-0.15, -0.1) is 5.92 Å². The van der Waals surface area contributed by atoms with Gasteiger partial charge in [0.1, 0.15) is 11.6 Å². The van der Waals surface area contributed by atoms with Crippen LogP contribution in [0.2, 0.25) is 0 Å². The molecule has 0 atom stereocenters. The summed E-state index contributed by atoms with van der Waals surface area (Å²) in [5.74, 6) is 2.85. The van der Waals surface area contributed by atoms with E-state index in [0.29, 0.717) is 31.7 Å². The molecule has 144 valence electrons. The summed E-state index contributed by atoms with van der Waals surface area (Å²) < 4.78 is 20.5. The molecule has 0 unspecified atom stereocenters. The molecule has 0 aromatic heterocycles. The number of carbonyl (C=O) groups is 2. The van der Waals surface area contributed by atoms with Gasteiger partial charge in [-0.1, -0.05) is 5.92 Å². The Morgan fingerprint density at radius 3 is 2.30 bits per heavy atom. The van der Waals surface area contributed by atoms with E-state index in [9.17, 15) is 14.0 Å². The molecule has 2 heterocycles. The maximum atomic E-state index is 14.9.